The minimum absolute atomic E-state index is 0.0702. The molecule has 6 heteroatoms. The van der Waals surface area contributed by atoms with Crippen LogP contribution in [-0.4, -0.2) is 37.2 Å². The van der Waals surface area contributed by atoms with Gasteiger partial charge in [-0.1, -0.05) is 338 Å². The van der Waals surface area contributed by atoms with E-state index in [2.05, 4.69) is 81.5 Å². The van der Waals surface area contributed by atoms with Crippen molar-refractivity contribution in [2.75, 3.05) is 13.2 Å². The largest absolute Gasteiger partial charge is 0.462 e. The molecule has 0 radical (unpaired) electrons. The maximum atomic E-state index is 12.9. The van der Waals surface area contributed by atoms with Crippen molar-refractivity contribution in [2.45, 2.75) is 367 Å². The van der Waals surface area contributed by atoms with Crippen LogP contribution in [0.4, 0.5) is 0 Å². The van der Waals surface area contributed by atoms with Crippen molar-refractivity contribution in [3.8, 4) is 0 Å². The van der Waals surface area contributed by atoms with Gasteiger partial charge in [-0.05, 0) is 64.2 Å². The monoisotopic (exact) mass is 1090 g/mol. The van der Waals surface area contributed by atoms with Crippen LogP contribution in [0.1, 0.15) is 361 Å². The van der Waals surface area contributed by atoms with E-state index in [1.807, 2.05) is 0 Å². The summed E-state index contributed by atoms with van der Waals surface area (Å²) in [5.41, 5.74) is 0. The highest BCUT2D eigenvalue weighted by Gasteiger charge is 2.19. The predicted molar refractivity (Wildman–Crippen MR) is 339 cm³/mol. The van der Waals surface area contributed by atoms with Crippen molar-refractivity contribution in [3.05, 3.63) is 60.8 Å². The molecule has 0 aliphatic heterocycles. The van der Waals surface area contributed by atoms with Crippen LogP contribution < -0.4 is 0 Å². The summed E-state index contributed by atoms with van der Waals surface area (Å²) in [7, 11) is 0. The number of carbonyl (C=O) groups is 3. The van der Waals surface area contributed by atoms with Gasteiger partial charge in [0.25, 0.3) is 0 Å². The van der Waals surface area contributed by atoms with Crippen molar-refractivity contribution >= 4 is 17.9 Å². The molecular formula is C72H130O6. The Morgan fingerprint density at radius 1 is 0.269 bits per heavy atom. The molecule has 0 aromatic carbocycles. The van der Waals surface area contributed by atoms with E-state index in [9.17, 15) is 14.4 Å². The molecule has 78 heavy (non-hydrogen) atoms. The van der Waals surface area contributed by atoms with Crippen LogP contribution >= 0.6 is 0 Å². The van der Waals surface area contributed by atoms with Crippen LogP contribution in [0.15, 0.2) is 60.8 Å². The van der Waals surface area contributed by atoms with Crippen LogP contribution in [0, 0.1) is 0 Å². The summed E-state index contributed by atoms with van der Waals surface area (Å²) < 4.78 is 17.0. The fraction of sp³-hybridized carbons (Fsp3) is 0.819. The maximum absolute atomic E-state index is 12.9. The van der Waals surface area contributed by atoms with Gasteiger partial charge in [-0.25, -0.2) is 0 Å². The van der Waals surface area contributed by atoms with Gasteiger partial charge in [-0.3, -0.25) is 14.4 Å². The van der Waals surface area contributed by atoms with Gasteiger partial charge in [0.1, 0.15) is 13.2 Å². The van der Waals surface area contributed by atoms with E-state index < -0.39 is 6.10 Å². The molecule has 0 fully saturated rings. The molecule has 1 atom stereocenters. The lowest BCUT2D eigenvalue weighted by atomic mass is 10.0. The van der Waals surface area contributed by atoms with Crippen molar-refractivity contribution < 1.29 is 28.6 Å². The fourth-order valence-corrected chi connectivity index (χ4v) is 10.2. The molecule has 0 spiro atoms. The van der Waals surface area contributed by atoms with E-state index in [4.69, 9.17) is 14.2 Å². The number of carbonyl (C=O) groups excluding carboxylic acids is 3. The summed E-state index contributed by atoms with van der Waals surface area (Å²) in [5.74, 6) is -0.850. The average Bonchev–Trinajstić information content (AvgIpc) is 3.44. The molecule has 0 aliphatic carbocycles. The summed E-state index contributed by atoms with van der Waals surface area (Å²) in [5, 5.41) is 0. The van der Waals surface area contributed by atoms with Gasteiger partial charge in [0.05, 0.1) is 0 Å². The normalized spacial score (nSPS) is 12.4. The van der Waals surface area contributed by atoms with Gasteiger partial charge in [-0.2, -0.15) is 0 Å². The Bertz CT molecular complexity index is 1390. The van der Waals surface area contributed by atoms with Crippen LogP contribution in [-0.2, 0) is 28.6 Å². The second kappa shape index (κ2) is 66.6. The molecule has 0 saturated carbocycles. The van der Waals surface area contributed by atoms with Crippen molar-refractivity contribution in [1.82, 2.24) is 0 Å². The van der Waals surface area contributed by atoms with E-state index in [-0.39, 0.29) is 31.1 Å². The summed E-state index contributed by atoms with van der Waals surface area (Å²) in [4.78, 5) is 38.4. The quantitative estimate of drug-likeness (QED) is 0.0261. The lowest BCUT2D eigenvalue weighted by molar-refractivity contribution is -0.167. The third-order valence-corrected chi connectivity index (χ3v) is 15.3. The van der Waals surface area contributed by atoms with E-state index in [0.717, 1.165) is 96.3 Å². The van der Waals surface area contributed by atoms with Crippen molar-refractivity contribution in [3.63, 3.8) is 0 Å². The number of unbranched alkanes of at least 4 members (excludes halogenated alkanes) is 42. The lowest BCUT2D eigenvalue weighted by Gasteiger charge is -2.18. The summed E-state index contributed by atoms with van der Waals surface area (Å²) in [6.07, 6.45) is 85.2. The van der Waals surface area contributed by atoms with E-state index in [1.54, 1.807) is 0 Å². The standard InChI is InChI=1S/C72H130O6/c1-4-7-10-13-16-19-22-25-28-31-33-34-35-36-37-38-40-41-44-47-50-53-56-59-62-65-71(74)77-68-69(67-76-70(73)64-61-58-55-52-49-46-43-30-27-24-21-18-15-12-9-6-3)78-72(75)66-63-60-57-54-51-48-45-42-39-32-29-26-23-20-17-14-11-8-5-2/h7,10,16,19,25,28,33-34,36-37,69H,4-6,8-9,11-15,17-18,20-24,26-27,29-32,35,38-68H2,1-3H3/b10-7-,19-16-,28-25-,34-33-,37-36-. The van der Waals surface area contributed by atoms with Crippen LogP contribution in [0.2, 0.25) is 0 Å². The summed E-state index contributed by atoms with van der Waals surface area (Å²) in [6, 6.07) is 0. The average molecular weight is 1090 g/mol. The zero-order chi connectivity index (χ0) is 56.4. The molecule has 0 amide bonds. The first-order chi connectivity index (χ1) is 38.5. The van der Waals surface area contributed by atoms with Crippen molar-refractivity contribution in [2.24, 2.45) is 0 Å². The molecule has 6 nitrogen and oxygen atoms in total. The number of allylic oxidation sites excluding steroid dienone is 10. The highest BCUT2D eigenvalue weighted by molar-refractivity contribution is 5.71. The Kier molecular flexibility index (Phi) is 64.2. The summed E-state index contributed by atoms with van der Waals surface area (Å²) >= 11 is 0. The van der Waals surface area contributed by atoms with Gasteiger partial charge in [0, 0.05) is 19.3 Å². The molecule has 0 saturated heterocycles. The number of hydrogen-bond donors (Lipinski definition) is 0. The molecule has 454 valence electrons. The van der Waals surface area contributed by atoms with Gasteiger partial charge >= 0.3 is 17.9 Å². The first kappa shape index (κ1) is 75.1. The first-order valence-electron chi connectivity index (χ1n) is 34.3. The highest BCUT2D eigenvalue weighted by Crippen LogP contribution is 2.18. The number of rotatable bonds is 63. The number of esters is 3. The van der Waals surface area contributed by atoms with Crippen LogP contribution in [0.3, 0.4) is 0 Å². The van der Waals surface area contributed by atoms with Gasteiger partial charge in [0.2, 0.25) is 0 Å². The smallest absolute Gasteiger partial charge is 0.306 e. The second-order valence-corrected chi connectivity index (χ2v) is 23.1. The van der Waals surface area contributed by atoms with Gasteiger partial charge in [-0.15, -0.1) is 0 Å². The topological polar surface area (TPSA) is 78.9 Å². The Balaban J connectivity index is 4.32. The maximum Gasteiger partial charge on any atom is 0.306 e. The SMILES string of the molecule is CC/C=C\C/C=C\C/C=C\C/C=C\C/C=C\CCCCCCCCCCCC(=O)OCC(COC(=O)CCCCCCCCCCCCCCCCCC)OC(=O)CCCCCCCCCCCCCCCCCCCCC. The van der Waals surface area contributed by atoms with E-state index in [0.29, 0.717) is 19.3 Å². The summed E-state index contributed by atoms with van der Waals surface area (Å²) in [6.45, 7) is 6.59. The molecule has 0 bridgehead atoms. The van der Waals surface area contributed by atoms with E-state index >= 15 is 0 Å². The van der Waals surface area contributed by atoms with E-state index in [1.165, 1.54) is 225 Å². The molecule has 0 heterocycles. The Morgan fingerprint density at radius 3 is 0.782 bits per heavy atom. The molecule has 0 rings (SSSR count). The zero-order valence-corrected chi connectivity index (χ0v) is 52.2. The van der Waals surface area contributed by atoms with Gasteiger partial charge < -0.3 is 14.2 Å². The van der Waals surface area contributed by atoms with Crippen molar-refractivity contribution in [1.29, 1.82) is 0 Å². The Labute approximate surface area is 485 Å². The zero-order valence-electron chi connectivity index (χ0n) is 52.2. The Hall–Kier alpha value is -2.89. The lowest BCUT2D eigenvalue weighted by Crippen LogP contribution is -2.30. The minimum Gasteiger partial charge on any atom is -0.462 e. The predicted octanol–water partition coefficient (Wildman–Crippen LogP) is 23.5. The fourth-order valence-electron chi connectivity index (χ4n) is 10.2. The molecule has 0 aromatic heterocycles. The third-order valence-electron chi connectivity index (χ3n) is 15.3. The molecular weight excluding hydrogens is 961 g/mol. The van der Waals surface area contributed by atoms with Crippen LogP contribution in [0.25, 0.3) is 0 Å². The third kappa shape index (κ3) is 63.9. The van der Waals surface area contributed by atoms with Crippen LogP contribution in [0.5, 0.6) is 0 Å². The molecule has 0 aromatic rings. The molecule has 0 N–H and O–H groups in total. The molecule has 1 unspecified atom stereocenters. The highest BCUT2D eigenvalue weighted by atomic mass is 16.6. The molecule has 0 aliphatic rings. The minimum atomic E-state index is -0.774. The first-order valence-corrected chi connectivity index (χ1v) is 34.3. The number of hydrogen-bond acceptors (Lipinski definition) is 6. The number of ether oxygens (including phenoxy) is 3. The second-order valence-electron chi connectivity index (χ2n) is 23.1. The van der Waals surface area contributed by atoms with Gasteiger partial charge in [0.15, 0.2) is 6.10 Å². The Morgan fingerprint density at radius 2 is 0.500 bits per heavy atom.